The van der Waals surface area contributed by atoms with Crippen LogP contribution in [0.25, 0.3) is 0 Å². The molecule has 0 aromatic heterocycles. The standard InChI is InChI=1S/C13H15NO5/c1-8(15)10(5-13(16)17)14-6-9-2-3-11-12(4-9)19-7-18-11/h2-4,10,14H,5-7H2,1H3,(H,16,17). The van der Waals surface area contributed by atoms with Gasteiger partial charge >= 0.3 is 5.97 Å². The van der Waals surface area contributed by atoms with Crippen LogP contribution in [0.3, 0.4) is 0 Å². The number of carbonyl (C=O) groups excluding carboxylic acids is 1. The molecule has 0 radical (unpaired) electrons. The molecule has 0 saturated heterocycles. The minimum atomic E-state index is -1.00. The van der Waals surface area contributed by atoms with E-state index in [1.165, 1.54) is 6.92 Å². The molecule has 6 heteroatoms. The number of carbonyl (C=O) groups is 2. The number of carboxylic acid groups (broad SMARTS) is 1. The maximum Gasteiger partial charge on any atom is 0.305 e. The second-order valence-corrected chi connectivity index (χ2v) is 4.33. The molecule has 0 aliphatic carbocycles. The quantitative estimate of drug-likeness (QED) is 0.796. The first-order valence-corrected chi connectivity index (χ1v) is 5.90. The normalized spacial score (nSPS) is 14.2. The lowest BCUT2D eigenvalue weighted by Crippen LogP contribution is -2.36. The van der Waals surface area contributed by atoms with E-state index in [0.29, 0.717) is 18.0 Å². The molecule has 1 aliphatic rings. The van der Waals surface area contributed by atoms with Crippen molar-refractivity contribution in [1.29, 1.82) is 0 Å². The van der Waals surface area contributed by atoms with Crippen LogP contribution in [-0.2, 0) is 16.1 Å². The predicted octanol–water partition coefficient (Wildman–Crippen LogP) is 0.937. The predicted molar refractivity (Wildman–Crippen MR) is 66.1 cm³/mol. The number of ether oxygens (including phenoxy) is 2. The number of hydrogen-bond acceptors (Lipinski definition) is 5. The Kier molecular flexibility index (Phi) is 4.01. The van der Waals surface area contributed by atoms with Crippen LogP contribution in [0.15, 0.2) is 18.2 Å². The van der Waals surface area contributed by atoms with Crippen molar-refractivity contribution in [1.82, 2.24) is 5.32 Å². The van der Waals surface area contributed by atoms with Gasteiger partial charge in [-0.1, -0.05) is 6.07 Å². The molecule has 1 unspecified atom stereocenters. The molecule has 1 atom stereocenters. The van der Waals surface area contributed by atoms with Crippen molar-refractivity contribution in [3.05, 3.63) is 23.8 Å². The second-order valence-electron chi connectivity index (χ2n) is 4.33. The molecular weight excluding hydrogens is 250 g/mol. The second kappa shape index (κ2) is 5.71. The van der Waals surface area contributed by atoms with E-state index in [0.717, 1.165) is 5.56 Å². The highest BCUT2D eigenvalue weighted by Crippen LogP contribution is 2.32. The molecule has 0 saturated carbocycles. The summed E-state index contributed by atoms with van der Waals surface area (Å²) in [5.41, 5.74) is 0.904. The molecule has 2 N–H and O–H groups in total. The Morgan fingerprint density at radius 3 is 2.79 bits per heavy atom. The zero-order valence-corrected chi connectivity index (χ0v) is 10.5. The minimum absolute atomic E-state index is 0.192. The van der Waals surface area contributed by atoms with Gasteiger partial charge < -0.3 is 19.9 Å². The highest BCUT2D eigenvalue weighted by atomic mass is 16.7. The van der Waals surface area contributed by atoms with Gasteiger partial charge in [0.25, 0.3) is 0 Å². The van der Waals surface area contributed by atoms with Crippen LogP contribution in [0.4, 0.5) is 0 Å². The lowest BCUT2D eigenvalue weighted by molar-refractivity contribution is -0.139. The first-order valence-electron chi connectivity index (χ1n) is 5.90. The first kappa shape index (κ1) is 13.4. The van der Waals surface area contributed by atoms with E-state index in [2.05, 4.69) is 5.32 Å². The first-order chi connectivity index (χ1) is 9.06. The fraction of sp³-hybridized carbons (Fsp3) is 0.385. The van der Waals surface area contributed by atoms with Crippen molar-refractivity contribution in [2.24, 2.45) is 0 Å². The summed E-state index contributed by atoms with van der Waals surface area (Å²) in [4.78, 5) is 22.0. The molecule has 1 heterocycles. The van der Waals surface area contributed by atoms with Gasteiger partial charge in [-0.2, -0.15) is 0 Å². The number of nitrogens with one attached hydrogen (secondary N) is 1. The number of ketones is 1. The van der Waals surface area contributed by atoms with E-state index >= 15 is 0 Å². The third-order valence-electron chi connectivity index (χ3n) is 2.86. The number of aliphatic carboxylic acids is 1. The van der Waals surface area contributed by atoms with E-state index in [4.69, 9.17) is 14.6 Å². The third-order valence-corrected chi connectivity index (χ3v) is 2.86. The summed E-state index contributed by atoms with van der Waals surface area (Å²) in [6.45, 7) is 1.98. The maximum absolute atomic E-state index is 11.3. The van der Waals surface area contributed by atoms with Crippen molar-refractivity contribution in [2.45, 2.75) is 25.9 Å². The summed E-state index contributed by atoms with van der Waals surface area (Å²) in [6, 6.07) is 4.77. The van der Waals surface area contributed by atoms with Crippen LogP contribution < -0.4 is 14.8 Å². The van der Waals surface area contributed by atoms with Gasteiger partial charge in [-0.3, -0.25) is 9.59 Å². The van der Waals surface area contributed by atoms with Crippen molar-refractivity contribution >= 4 is 11.8 Å². The van der Waals surface area contributed by atoms with Gasteiger partial charge in [0.15, 0.2) is 11.5 Å². The SMILES string of the molecule is CC(=O)C(CC(=O)O)NCc1ccc2c(c1)OCO2. The molecule has 19 heavy (non-hydrogen) atoms. The topological polar surface area (TPSA) is 84.9 Å². The summed E-state index contributed by atoms with van der Waals surface area (Å²) in [5.74, 6) is 0.163. The van der Waals surface area contributed by atoms with E-state index < -0.39 is 12.0 Å². The number of fused-ring (bicyclic) bond motifs is 1. The van der Waals surface area contributed by atoms with Crippen molar-refractivity contribution in [2.75, 3.05) is 6.79 Å². The Bertz CT molecular complexity index is 500. The molecule has 0 spiro atoms. The average Bonchev–Trinajstić information content (AvgIpc) is 2.80. The van der Waals surface area contributed by atoms with E-state index in [1.54, 1.807) is 6.07 Å². The van der Waals surface area contributed by atoms with Crippen LogP contribution in [0.5, 0.6) is 11.5 Å². The van der Waals surface area contributed by atoms with Crippen LogP contribution in [0.1, 0.15) is 18.9 Å². The molecule has 6 nitrogen and oxygen atoms in total. The highest BCUT2D eigenvalue weighted by Gasteiger charge is 2.18. The Labute approximate surface area is 110 Å². The van der Waals surface area contributed by atoms with Crippen molar-refractivity contribution < 1.29 is 24.2 Å². The Morgan fingerprint density at radius 2 is 2.11 bits per heavy atom. The van der Waals surface area contributed by atoms with Gasteiger partial charge in [0.1, 0.15) is 5.78 Å². The monoisotopic (exact) mass is 265 g/mol. The third kappa shape index (κ3) is 3.45. The molecule has 1 aliphatic heterocycles. The number of benzene rings is 1. The summed E-state index contributed by atoms with van der Waals surface area (Å²) >= 11 is 0. The minimum Gasteiger partial charge on any atom is -0.481 e. The summed E-state index contributed by atoms with van der Waals surface area (Å²) in [6.07, 6.45) is -0.222. The maximum atomic E-state index is 11.3. The molecule has 0 fully saturated rings. The van der Waals surface area contributed by atoms with Crippen molar-refractivity contribution in [3.8, 4) is 11.5 Å². The van der Waals surface area contributed by atoms with E-state index in [9.17, 15) is 9.59 Å². The number of Topliss-reactive ketones (excluding diaryl/α,β-unsaturated/α-hetero) is 1. The highest BCUT2D eigenvalue weighted by molar-refractivity contribution is 5.85. The van der Waals surface area contributed by atoms with Crippen LogP contribution in [-0.4, -0.2) is 29.7 Å². The zero-order chi connectivity index (χ0) is 13.8. The Balaban J connectivity index is 1.97. The van der Waals surface area contributed by atoms with Crippen LogP contribution in [0, 0.1) is 0 Å². The molecule has 1 aromatic carbocycles. The number of carboxylic acids is 1. The number of rotatable bonds is 6. The largest absolute Gasteiger partial charge is 0.481 e. The van der Waals surface area contributed by atoms with Gasteiger partial charge in [-0.25, -0.2) is 0 Å². The average molecular weight is 265 g/mol. The van der Waals surface area contributed by atoms with Crippen molar-refractivity contribution in [3.63, 3.8) is 0 Å². The molecule has 1 aromatic rings. The lowest BCUT2D eigenvalue weighted by Gasteiger charge is -2.13. The van der Waals surface area contributed by atoms with Crippen LogP contribution >= 0.6 is 0 Å². The van der Waals surface area contributed by atoms with E-state index in [1.807, 2.05) is 12.1 Å². The molecule has 2 rings (SSSR count). The molecular formula is C13H15NO5. The van der Waals surface area contributed by atoms with Gasteiger partial charge in [-0.15, -0.1) is 0 Å². The molecule has 102 valence electrons. The summed E-state index contributed by atoms with van der Waals surface area (Å²) in [7, 11) is 0. The number of hydrogen-bond donors (Lipinski definition) is 2. The van der Waals surface area contributed by atoms with Gasteiger partial charge in [0, 0.05) is 6.54 Å². The molecule has 0 amide bonds. The van der Waals surface area contributed by atoms with Crippen LogP contribution in [0.2, 0.25) is 0 Å². The summed E-state index contributed by atoms with van der Waals surface area (Å²) < 4.78 is 10.4. The van der Waals surface area contributed by atoms with Gasteiger partial charge in [0.2, 0.25) is 6.79 Å². The Hall–Kier alpha value is -2.08. The molecule has 0 bridgehead atoms. The van der Waals surface area contributed by atoms with Gasteiger partial charge in [0.05, 0.1) is 12.5 Å². The lowest BCUT2D eigenvalue weighted by atomic mass is 10.1. The fourth-order valence-electron chi connectivity index (χ4n) is 1.83. The fourth-order valence-corrected chi connectivity index (χ4v) is 1.83. The van der Waals surface area contributed by atoms with Gasteiger partial charge in [-0.05, 0) is 24.6 Å². The summed E-state index contributed by atoms with van der Waals surface area (Å²) in [5, 5.41) is 11.7. The van der Waals surface area contributed by atoms with E-state index in [-0.39, 0.29) is 19.0 Å². The zero-order valence-electron chi connectivity index (χ0n) is 10.5. The Morgan fingerprint density at radius 1 is 1.37 bits per heavy atom. The smallest absolute Gasteiger partial charge is 0.305 e.